The van der Waals surface area contributed by atoms with Crippen molar-refractivity contribution in [3.8, 4) is 0 Å². The minimum absolute atomic E-state index is 0.00803. The molecule has 0 saturated heterocycles. The first kappa shape index (κ1) is 20.2. The maximum atomic E-state index is 13.4. The number of carbonyl (C=O) groups is 2. The molecule has 5 heteroatoms. The van der Waals surface area contributed by atoms with Gasteiger partial charge in [-0.2, -0.15) is 0 Å². The third-order valence-corrected chi connectivity index (χ3v) is 6.61. The molecule has 0 fully saturated rings. The fourth-order valence-electron chi connectivity index (χ4n) is 4.20. The Morgan fingerprint density at radius 2 is 1.53 bits per heavy atom. The molecular formula is C27H22N2O2S. The Bertz CT molecular complexity index is 1200. The van der Waals surface area contributed by atoms with E-state index in [1.54, 1.807) is 0 Å². The van der Waals surface area contributed by atoms with Crippen LogP contribution in [0.25, 0.3) is 0 Å². The third-order valence-electron chi connectivity index (χ3n) is 5.75. The Morgan fingerprint density at radius 1 is 0.844 bits per heavy atom. The summed E-state index contributed by atoms with van der Waals surface area (Å²) in [7, 11) is 0. The van der Waals surface area contributed by atoms with Crippen molar-refractivity contribution in [2.45, 2.75) is 12.3 Å². The number of thiophene rings is 1. The number of rotatable bonds is 5. The molecule has 0 saturated carbocycles. The summed E-state index contributed by atoms with van der Waals surface area (Å²) in [4.78, 5) is 28.9. The van der Waals surface area contributed by atoms with Gasteiger partial charge in [0.25, 0.3) is 5.91 Å². The Hall–Kier alpha value is -3.70. The second kappa shape index (κ2) is 8.81. The molecule has 1 aliphatic rings. The molecule has 5 rings (SSSR count). The lowest BCUT2D eigenvalue weighted by atomic mass is 9.90. The maximum absolute atomic E-state index is 13.4. The van der Waals surface area contributed by atoms with Gasteiger partial charge in [-0.1, -0.05) is 72.8 Å². The van der Waals surface area contributed by atoms with Crippen molar-refractivity contribution >= 4 is 34.5 Å². The highest BCUT2D eigenvalue weighted by atomic mass is 32.1. The molecule has 0 aliphatic carbocycles. The summed E-state index contributed by atoms with van der Waals surface area (Å²) in [6.07, 6.45) is 0.817. The number of nitrogens with zero attached hydrogens (tertiary/aromatic N) is 1. The number of fused-ring (bicyclic) bond motifs is 1. The van der Waals surface area contributed by atoms with Crippen LogP contribution in [0.3, 0.4) is 0 Å². The molecule has 0 spiro atoms. The second-order valence-electron chi connectivity index (χ2n) is 7.77. The molecule has 0 atom stereocenters. The quantitative estimate of drug-likeness (QED) is 0.433. The fourth-order valence-corrected chi connectivity index (χ4v) is 4.87. The van der Waals surface area contributed by atoms with Gasteiger partial charge < -0.3 is 10.2 Å². The maximum Gasteiger partial charge on any atom is 0.268 e. The predicted octanol–water partition coefficient (Wildman–Crippen LogP) is 5.72. The first-order valence-electron chi connectivity index (χ1n) is 10.6. The van der Waals surface area contributed by atoms with Gasteiger partial charge >= 0.3 is 0 Å². The van der Waals surface area contributed by atoms with E-state index in [1.165, 1.54) is 11.3 Å². The summed E-state index contributed by atoms with van der Waals surface area (Å²) in [5.41, 5.74) is 4.56. The lowest BCUT2D eigenvalue weighted by Gasteiger charge is -2.20. The van der Waals surface area contributed by atoms with Crippen LogP contribution in [0.15, 0.2) is 96.4 Å². The molecule has 1 aliphatic heterocycles. The summed E-state index contributed by atoms with van der Waals surface area (Å²) in [5, 5.41) is 5.00. The lowest BCUT2D eigenvalue weighted by molar-refractivity contribution is -0.116. The number of hydrogen-bond acceptors (Lipinski definition) is 3. The van der Waals surface area contributed by atoms with Crippen molar-refractivity contribution < 1.29 is 9.59 Å². The van der Waals surface area contributed by atoms with Crippen LogP contribution < -0.4 is 10.2 Å². The normalized spacial score (nSPS) is 12.6. The number of nitrogens with one attached hydrogen (secondary N) is 1. The van der Waals surface area contributed by atoms with Crippen LogP contribution in [0.5, 0.6) is 0 Å². The molecule has 1 N–H and O–H groups in total. The summed E-state index contributed by atoms with van der Waals surface area (Å²) in [5.74, 6) is -0.514. The van der Waals surface area contributed by atoms with Crippen molar-refractivity contribution in [1.82, 2.24) is 0 Å². The summed E-state index contributed by atoms with van der Waals surface area (Å²) in [6.45, 7) is 0.653. The summed E-state index contributed by atoms with van der Waals surface area (Å²) in [6, 6.07) is 29.2. The van der Waals surface area contributed by atoms with E-state index in [-0.39, 0.29) is 11.8 Å². The number of benzene rings is 3. The van der Waals surface area contributed by atoms with Crippen LogP contribution in [-0.2, 0) is 11.2 Å². The molecule has 32 heavy (non-hydrogen) atoms. The molecule has 158 valence electrons. The highest BCUT2D eigenvalue weighted by Gasteiger charge is 2.27. The van der Waals surface area contributed by atoms with Gasteiger partial charge in [0.1, 0.15) is 0 Å². The third kappa shape index (κ3) is 3.95. The molecule has 0 radical (unpaired) electrons. The summed E-state index contributed by atoms with van der Waals surface area (Å²) < 4.78 is 0. The predicted molar refractivity (Wildman–Crippen MR) is 129 cm³/mol. The van der Waals surface area contributed by atoms with E-state index >= 15 is 0 Å². The van der Waals surface area contributed by atoms with Crippen molar-refractivity contribution in [2.24, 2.45) is 0 Å². The highest BCUT2D eigenvalue weighted by Crippen LogP contribution is 2.33. The number of hydrogen-bond donors (Lipinski definition) is 1. The van der Waals surface area contributed by atoms with Crippen molar-refractivity contribution in [1.29, 1.82) is 0 Å². The number of carbonyl (C=O) groups excluding carboxylic acids is 2. The molecule has 2 amide bonds. The van der Waals surface area contributed by atoms with Gasteiger partial charge in [0, 0.05) is 17.9 Å². The van der Waals surface area contributed by atoms with Gasteiger partial charge in [-0.05, 0) is 46.7 Å². The van der Waals surface area contributed by atoms with Crippen LogP contribution in [0.4, 0.5) is 11.4 Å². The van der Waals surface area contributed by atoms with Crippen molar-refractivity contribution in [3.05, 3.63) is 118 Å². The minimum Gasteiger partial charge on any atom is -0.325 e. The average Bonchev–Trinajstić information content (AvgIpc) is 3.51. The fraction of sp³-hybridized carbons (Fsp3) is 0.111. The number of anilines is 2. The molecule has 1 aromatic heterocycles. The topological polar surface area (TPSA) is 49.4 Å². The van der Waals surface area contributed by atoms with E-state index in [0.717, 1.165) is 33.7 Å². The van der Waals surface area contributed by atoms with E-state index in [0.29, 0.717) is 12.2 Å². The Kier molecular flexibility index (Phi) is 5.57. The van der Waals surface area contributed by atoms with E-state index < -0.39 is 5.92 Å². The SMILES string of the molecule is O=C(Nc1ccc2c(c1)N(C(=O)c1cccs1)CC2)C(c1ccccc1)c1ccccc1. The smallest absolute Gasteiger partial charge is 0.268 e. The molecule has 2 heterocycles. The van der Waals surface area contributed by atoms with Crippen LogP contribution in [0.2, 0.25) is 0 Å². The zero-order valence-corrected chi connectivity index (χ0v) is 18.2. The van der Waals surface area contributed by atoms with E-state index in [2.05, 4.69) is 5.32 Å². The van der Waals surface area contributed by atoms with E-state index in [4.69, 9.17) is 0 Å². The summed E-state index contributed by atoms with van der Waals surface area (Å²) >= 11 is 1.45. The second-order valence-corrected chi connectivity index (χ2v) is 8.72. The van der Waals surface area contributed by atoms with E-state index in [1.807, 2.05) is 101 Å². The van der Waals surface area contributed by atoms with E-state index in [9.17, 15) is 9.59 Å². The lowest BCUT2D eigenvalue weighted by Crippen LogP contribution is -2.28. The van der Waals surface area contributed by atoms with Gasteiger partial charge in [0.15, 0.2) is 0 Å². The average molecular weight is 439 g/mol. The van der Waals surface area contributed by atoms with Crippen LogP contribution in [0, 0.1) is 0 Å². The van der Waals surface area contributed by atoms with Gasteiger partial charge in [0.05, 0.1) is 10.8 Å². The molecular weight excluding hydrogens is 416 g/mol. The Balaban J connectivity index is 1.43. The first-order valence-corrected chi connectivity index (χ1v) is 11.5. The van der Waals surface area contributed by atoms with Crippen molar-refractivity contribution in [2.75, 3.05) is 16.8 Å². The monoisotopic (exact) mass is 438 g/mol. The molecule has 3 aromatic carbocycles. The highest BCUT2D eigenvalue weighted by molar-refractivity contribution is 7.12. The van der Waals surface area contributed by atoms with Gasteiger partial charge in [-0.25, -0.2) is 0 Å². The van der Waals surface area contributed by atoms with Crippen LogP contribution in [-0.4, -0.2) is 18.4 Å². The molecule has 0 unspecified atom stereocenters. The Morgan fingerprint density at radius 3 is 2.16 bits per heavy atom. The van der Waals surface area contributed by atoms with Gasteiger partial charge in [-0.15, -0.1) is 11.3 Å². The zero-order valence-electron chi connectivity index (χ0n) is 17.4. The van der Waals surface area contributed by atoms with Crippen molar-refractivity contribution in [3.63, 3.8) is 0 Å². The van der Waals surface area contributed by atoms with Crippen LogP contribution in [0.1, 0.15) is 32.3 Å². The van der Waals surface area contributed by atoms with Gasteiger partial charge in [0.2, 0.25) is 5.91 Å². The molecule has 4 aromatic rings. The minimum atomic E-state index is -0.422. The molecule has 4 nitrogen and oxygen atoms in total. The van der Waals surface area contributed by atoms with Gasteiger partial charge in [-0.3, -0.25) is 9.59 Å². The largest absolute Gasteiger partial charge is 0.325 e. The number of amides is 2. The molecule has 0 bridgehead atoms. The Labute approximate surface area is 191 Å². The van der Waals surface area contributed by atoms with Crippen LogP contribution >= 0.6 is 11.3 Å². The first-order chi connectivity index (χ1) is 15.7. The standard InChI is InChI=1S/C27H22N2O2S/c30-26(25(20-8-3-1-4-9-20)21-10-5-2-6-11-21)28-22-14-13-19-15-16-29(23(19)18-22)27(31)24-12-7-17-32-24/h1-14,17-18,25H,15-16H2,(H,28,30). The zero-order chi connectivity index (χ0) is 21.9.